The first kappa shape index (κ1) is 36.2. The minimum absolute atomic E-state index is 0.157. The third-order valence-corrected chi connectivity index (χ3v) is 15.4. The molecule has 0 bridgehead atoms. The highest BCUT2D eigenvalue weighted by Gasteiger charge is 2.44. The molecule has 5 aromatic carbocycles. The van der Waals surface area contributed by atoms with Crippen LogP contribution in [0, 0.1) is 11.8 Å². The summed E-state index contributed by atoms with van der Waals surface area (Å²) in [5.41, 5.74) is 18.8. The van der Waals surface area contributed by atoms with Gasteiger partial charge in [-0.2, -0.15) is 0 Å². The highest BCUT2D eigenvalue weighted by atomic mass is 15.2. The van der Waals surface area contributed by atoms with E-state index in [1.165, 1.54) is 78.3 Å². The van der Waals surface area contributed by atoms with Gasteiger partial charge in [0.1, 0.15) is 0 Å². The molecule has 0 radical (unpaired) electrons. The van der Waals surface area contributed by atoms with Crippen molar-refractivity contribution in [3.05, 3.63) is 240 Å². The van der Waals surface area contributed by atoms with Crippen LogP contribution in [0.1, 0.15) is 37.2 Å². The number of aromatic nitrogens is 1. The molecule has 308 valence electrons. The maximum absolute atomic E-state index is 2.69. The van der Waals surface area contributed by atoms with Gasteiger partial charge in [-0.25, -0.2) is 0 Å². The lowest BCUT2D eigenvalue weighted by Gasteiger charge is -2.35. The Morgan fingerprint density at radius 3 is 1.78 bits per heavy atom. The molecular formula is C60H48N4. The summed E-state index contributed by atoms with van der Waals surface area (Å²) in [5.74, 6) is 1.16. The smallest absolute Gasteiger partial charge is 0.0649 e. The second kappa shape index (κ2) is 14.1. The molecule has 5 aliphatic carbocycles. The van der Waals surface area contributed by atoms with Crippen molar-refractivity contribution in [2.75, 3.05) is 9.80 Å². The van der Waals surface area contributed by atoms with Crippen LogP contribution in [0.4, 0.5) is 17.1 Å². The summed E-state index contributed by atoms with van der Waals surface area (Å²) < 4.78 is 2.45. The van der Waals surface area contributed by atoms with Gasteiger partial charge in [0, 0.05) is 68.4 Å². The van der Waals surface area contributed by atoms with E-state index in [2.05, 4.69) is 226 Å². The van der Waals surface area contributed by atoms with Crippen molar-refractivity contribution in [3.63, 3.8) is 0 Å². The largest absolute Gasteiger partial charge is 0.337 e. The van der Waals surface area contributed by atoms with Crippen LogP contribution < -0.4 is 9.80 Å². The lowest BCUT2D eigenvalue weighted by Crippen LogP contribution is -2.34. The number of para-hydroxylation sites is 3. The molecule has 3 aliphatic heterocycles. The second-order valence-electron chi connectivity index (χ2n) is 18.6. The summed E-state index contributed by atoms with van der Waals surface area (Å²) in [6.45, 7) is 0. The maximum Gasteiger partial charge on any atom is 0.0649 e. The van der Waals surface area contributed by atoms with Crippen LogP contribution >= 0.6 is 0 Å². The third kappa shape index (κ3) is 5.29. The first-order valence-electron chi connectivity index (χ1n) is 23.4. The van der Waals surface area contributed by atoms with Gasteiger partial charge in [0.2, 0.25) is 0 Å². The van der Waals surface area contributed by atoms with E-state index >= 15 is 0 Å². The van der Waals surface area contributed by atoms with Gasteiger partial charge in [-0.3, -0.25) is 0 Å². The van der Waals surface area contributed by atoms with E-state index in [-0.39, 0.29) is 18.0 Å². The normalized spacial score (nSPS) is 25.8. The molecule has 8 aliphatic rings. The van der Waals surface area contributed by atoms with E-state index in [9.17, 15) is 0 Å². The van der Waals surface area contributed by atoms with Gasteiger partial charge in [0.15, 0.2) is 0 Å². The molecule has 4 nitrogen and oxygen atoms in total. The highest BCUT2D eigenvalue weighted by Crippen LogP contribution is 2.52. The molecule has 0 saturated carbocycles. The average Bonchev–Trinajstić information content (AvgIpc) is 4.09. The van der Waals surface area contributed by atoms with E-state index in [1.54, 1.807) is 11.1 Å². The zero-order chi connectivity index (χ0) is 41.9. The molecule has 64 heavy (non-hydrogen) atoms. The predicted molar refractivity (Wildman–Crippen MR) is 265 cm³/mol. The monoisotopic (exact) mass is 824 g/mol. The molecule has 6 atom stereocenters. The first-order valence-corrected chi connectivity index (χ1v) is 23.4. The fourth-order valence-corrected chi connectivity index (χ4v) is 12.6. The number of anilines is 3. The summed E-state index contributed by atoms with van der Waals surface area (Å²) in [5, 5.41) is 2.58. The molecule has 4 heteroatoms. The number of rotatable bonds is 5. The molecule has 0 spiro atoms. The van der Waals surface area contributed by atoms with E-state index in [0.717, 1.165) is 25.7 Å². The maximum atomic E-state index is 2.69. The van der Waals surface area contributed by atoms with Crippen LogP contribution in [-0.4, -0.2) is 27.6 Å². The molecule has 0 saturated heterocycles. The van der Waals surface area contributed by atoms with Crippen LogP contribution in [0.5, 0.6) is 0 Å². The van der Waals surface area contributed by atoms with Crippen LogP contribution in [0.2, 0.25) is 0 Å². The van der Waals surface area contributed by atoms with Gasteiger partial charge in [-0.1, -0.05) is 140 Å². The van der Waals surface area contributed by atoms with Gasteiger partial charge in [0.05, 0.1) is 29.2 Å². The van der Waals surface area contributed by atoms with Crippen LogP contribution in [0.15, 0.2) is 235 Å². The lowest BCUT2D eigenvalue weighted by molar-refractivity contribution is 0.356. The van der Waals surface area contributed by atoms with Gasteiger partial charge in [-0.05, 0) is 120 Å². The summed E-state index contributed by atoms with van der Waals surface area (Å²) in [4.78, 5) is 7.87. The van der Waals surface area contributed by atoms with E-state index in [1.807, 2.05) is 0 Å². The van der Waals surface area contributed by atoms with E-state index in [4.69, 9.17) is 0 Å². The van der Waals surface area contributed by atoms with Crippen LogP contribution in [-0.2, 0) is 0 Å². The van der Waals surface area contributed by atoms with Gasteiger partial charge >= 0.3 is 0 Å². The van der Waals surface area contributed by atoms with Crippen molar-refractivity contribution in [3.8, 4) is 11.1 Å². The fourth-order valence-electron chi connectivity index (χ4n) is 12.6. The number of hydrogen-bond acceptors (Lipinski definition) is 3. The fraction of sp³-hybridized carbons (Fsp3) is 0.167. The Bertz CT molecular complexity index is 3210. The molecule has 6 aromatic rings. The Hall–Kier alpha value is -7.30. The summed E-state index contributed by atoms with van der Waals surface area (Å²) >= 11 is 0. The summed E-state index contributed by atoms with van der Waals surface area (Å²) in [7, 11) is 0. The quantitative estimate of drug-likeness (QED) is 0.172. The standard InChI is InChI=1S/C60H48N4/c1-9-21-55-45(13-1)46-14-2-10-22-56(46)63(55)43-33-35-51-49-17-5-7-19-53(49)61(59(51)37-43)41-29-25-39(26-30-41)40-27-31-42(32-28-40)62-54-20-8-6-18-50(54)52-36-34-44(38-60(52)62)64-57-23-11-3-15-47(57)48-16-4-12-24-58(48)64/h1-3,5-15,17-33,35,37-38,47,50-51,54,57,59H,4,16,34,36H2. The van der Waals surface area contributed by atoms with Crippen molar-refractivity contribution in [2.24, 2.45) is 11.8 Å². The van der Waals surface area contributed by atoms with Gasteiger partial charge < -0.3 is 19.3 Å². The van der Waals surface area contributed by atoms with Crippen molar-refractivity contribution in [2.45, 2.75) is 49.7 Å². The number of nitrogens with zero attached hydrogens (tertiary/aromatic N) is 4. The van der Waals surface area contributed by atoms with Crippen LogP contribution in [0.3, 0.4) is 0 Å². The molecule has 4 heterocycles. The Morgan fingerprint density at radius 2 is 1.06 bits per heavy atom. The Kier molecular flexibility index (Phi) is 7.98. The zero-order valence-electron chi connectivity index (χ0n) is 35.7. The Morgan fingerprint density at radius 1 is 0.453 bits per heavy atom. The molecule has 6 unspecified atom stereocenters. The zero-order valence-corrected chi connectivity index (χ0v) is 35.7. The van der Waals surface area contributed by atoms with Crippen molar-refractivity contribution in [1.82, 2.24) is 9.47 Å². The number of fused-ring (bicyclic) bond motifs is 10. The summed E-state index contributed by atoms with van der Waals surface area (Å²) in [6.07, 6.45) is 37.8. The SMILES string of the molecule is C1=CC2C3=C(C=CCC3)N(C3=CC4=C(CC3)C3C=CC=CC3N4c3ccc(-c4ccc(N5c6ccccc6C6C=CC(n7c8ccccc8c8ccccc87)=CC65)cc4)cc3)C2C=C1. The second-order valence-corrected chi connectivity index (χ2v) is 18.6. The molecule has 0 N–H and O–H groups in total. The topological polar surface area (TPSA) is 14.7 Å². The minimum Gasteiger partial charge on any atom is -0.337 e. The molecule has 1 aromatic heterocycles. The Labute approximate surface area is 375 Å². The van der Waals surface area contributed by atoms with Crippen molar-refractivity contribution in [1.29, 1.82) is 0 Å². The van der Waals surface area contributed by atoms with Crippen molar-refractivity contribution < 1.29 is 0 Å². The third-order valence-electron chi connectivity index (χ3n) is 15.4. The molecule has 14 rings (SSSR count). The average molecular weight is 825 g/mol. The van der Waals surface area contributed by atoms with Gasteiger partial charge in [-0.15, -0.1) is 0 Å². The predicted octanol–water partition coefficient (Wildman–Crippen LogP) is 14.1. The van der Waals surface area contributed by atoms with Crippen molar-refractivity contribution >= 4 is 44.6 Å². The lowest BCUT2D eigenvalue weighted by atomic mass is 9.85. The molecule has 0 amide bonds. The molecule has 0 fully saturated rings. The summed E-state index contributed by atoms with van der Waals surface area (Å²) in [6, 6.07) is 46.0. The van der Waals surface area contributed by atoms with Crippen LogP contribution in [0.25, 0.3) is 38.6 Å². The van der Waals surface area contributed by atoms with E-state index < -0.39 is 0 Å². The van der Waals surface area contributed by atoms with Gasteiger partial charge in [0.25, 0.3) is 0 Å². The molecular weight excluding hydrogens is 777 g/mol. The first-order chi connectivity index (χ1) is 31.8. The highest BCUT2D eigenvalue weighted by molar-refractivity contribution is 6.10. The number of benzene rings is 5. The number of hydrogen-bond donors (Lipinski definition) is 0. The Balaban J connectivity index is 0.781. The van der Waals surface area contributed by atoms with E-state index in [0.29, 0.717) is 17.9 Å². The number of allylic oxidation sites excluding steroid dienone is 10. The minimum atomic E-state index is 0.157.